The Morgan fingerprint density at radius 2 is 1.83 bits per heavy atom. The van der Waals surface area contributed by atoms with E-state index in [1.807, 2.05) is 13.0 Å². The summed E-state index contributed by atoms with van der Waals surface area (Å²) < 4.78 is 1.13. The van der Waals surface area contributed by atoms with Gasteiger partial charge in [-0.05, 0) is 31.9 Å². The Morgan fingerprint density at radius 3 is 2.50 bits per heavy atom. The number of hydrogen-bond acceptors (Lipinski definition) is 2. The Kier molecular flexibility index (Phi) is 4.18. The quantitative estimate of drug-likeness (QED) is 0.792. The number of hydrogen-bond donors (Lipinski definition) is 0. The molecular weight excluding hydrogens is 240 g/mol. The zero-order valence-electron chi connectivity index (χ0n) is 11.4. The van der Waals surface area contributed by atoms with Crippen LogP contribution in [0.5, 0.6) is 0 Å². The normalized spacial score (nSPS) is 11.1. The summed E-state index contributed by atoms with van der Waals surface area (Å²) in [5.74, 6) is 0. The van der Waals surface area contributed by atoms with E-state index in [1.54, 1.807) is 11.3 Å². The lowest BCUT2D eigenvalue weighted by molar-refractivity contribution is 0.871. The maximum atomic E-state index is 12.6. The molecule has 18 heavy (non-hydrogen) atoms. The van der Waals surface area contributed by atoms with Gasteiger partial charge in [0.05, 0.1) is 0 Å². The molecule has 0 aliphatic carbocycles. The van der Waals surface area contributed by atoms with Gasteiger partial charge in [-0.1, -0.05) is 38.3 Å². The van der Waals surface area contributed by atoms with Crippen LogP contribution in [0.2, 0.25) is 0 Å². The van der Waals surface area contributed by atoms with Crippen LogP contribution in [0.1, 0.15) is 42.7 Å². The van der Waals surface area contributed by atoms with Crippen LogP contribution in [0.3, 0.4) is 0 Å². The maximum Gasteiger partial charge on any atom is 0.191 e. The molecule has 0 bridgehead atoms. The van der Waals surface area contributed by atoms with Gasteiger partial charge >= 0.3 is 0 Å². The average Bonchev–Trinajstić information content (AvgIpc) is 2.35. The molecule has 1 aromatic heterocycles. The first kappa shape index (κ1) is 13.3. The van der Waals surface area contributed by atoms with E-state index in [1.165, 1.54) is 4.88 Å². The first-order valence-corrected chi connectivity index (χ1v) is 7.54. The lowest BCUT2D eigenvalue weighted by Crippen LogP contribution is -2.11. The number of fused-ring (bicyclic) bond motifs is 1. The third-order valence-corrected chi connectivity index (χ3v) is 4.47. The van der Waals surface area contributed by atoms with E-state index in [2.05, 4.69) is 26.0 Å². The van der Waals surface area contributed by atoms with Crippen molar-refractivity contribution in [3.05, 3.63) is 44.4 Å². The molecule has 0 fully saturated rings. The van der Waals surface area contributed by atoms with Crippen LogP contribution in [0.15, 0.2) is 23.0 Å². The molecule has 0 atom stereocenters. The van der Waals surface area contributed by atoms with Gasteiger partial charge in [0.2, 0.25) is 0 Å². The Labute approximate surface area is 112 Å². The summed E-state index contributed by atoms with van der Waals surface area (Å²) in [6, 6.07) is 6.21. The molecule has 0 saturated heterocycles. The molecule has 0 saturated carbocycles. The summed E-state index contributed by atoms with van der Waals surface area (Å²) in [5, 5.41) is 0.906. The molecule has 1 aromatic carbocycles. The van der Waals surface area contributed by atoms with Crippen molar-refractivity contribution in [1.29, 1.82) is 0 Å². The van der Waals surface area contributed by atoms with E-state index in [0.29, 0.717) is 0 Å². The average molecular weight is 260 g/mol. The molecule has 2 aromatic rings. The molecule has 1 heterocycles. The molecule has 0 unspecified atom stereocenters. The van der Waals surface area contributed by atoms with Gasteiger partial charge < -0.3 is 0 Å². The molecule has 0 N–H and O–H groups in total. The number of rotatable bonds is 4. The Hall–Kier alpha value is -1.15. The Morgan fingerprint density at radius 1 is 1.11 bits per heavy atom. The minimum Gasteiger partial charge on any atom is -0.289 e. The highest BCUT2D eigenvalue weighted by Gasteiger charge is 2.11. The van der Waals surface area contributed by atoms with Crippen molar-refractivity contribution in [2.24, 2.45) is 0 Å². The molecule has 96 valence electrons. The summed E-state index contributed by atoms with van der Waals surface area (Å²) >= 11 is 1.80. The van der Waals surface area contributed by atoms with Gasteiger partial charge in [0.1, 0.15) is 0 Å². The molecule has 0 aliphatic heterocycles. The highest BCUT2D eigenvalue weighted by atomic mass is 32.1. The molecule has 2 rings (SSSR count). The van der Waals surface area contributed by atoms with Gasteiger partial charge in [-0.2, -0.15) is 0 Å². The topological polar surface area (TPSA) is 17.1 Å². The summed E-state index contributed by atoms with van der Waals surface area (Å²) in [5.41, 5.74) is 2.48. The fourth-order valence-electron chi connectivity index (χ4n) is 2.33. The second-order valence-corrected chi connectivity index (χ2v) is 5.97. The molecule has 0 radical (unpaired) electrons. The van der Waals surface area contributed by atoms with E-state index in [9.17, 15) is 4.79 Å². The van der Waals surface area contributed by atoms with E-state index in [-0.39, 0.29) is 5.43 Å². The van der Waals surface area contributed by atoms with Crippen molar-refractivity contribution >= 4 is 21.4 Å². The van der Waals surface area contributed by atoms with Crippen LogP contribution < -0.4 is 5.43 Å². The largest absolute Gasteiger partial charge is 0.289 e. The van der Waals surface area contributed by atoms with Crippen LogP contribution in [-0.4, -0.2) is 0 Å². The lowest BCUT2D eigenvalue weighted by atomic mass is 10.0. The van der Waals surface area contributed by atoms with Crippen LogP contribution >= 0.6 is 11.3 Å². The zero-order chi connectivity index (χ0) is 13.1. The van der Waals surface area contributed by atoms with E-state index >= 15 is 0 Å². The van der Waals surface area contributed by atoms with Gasteiger partial charge in [0.15, 0.2) is 5.43 Å². The second-order valence-electron chi connectivity index (χ2n) is 4.83. The fraction of sp³-hybridized carbons (Fsp3) is 0.438. The van der Waals surface area contributed by atoms with E-state index in [0.717, 1.165) is 46.9 Å². The van der Waals surface area contributed by atoms with Gasteiger partial charge in [-0.15, -0.1) is 11.3 Å². The third-order valence-electron chi connectivity index (χ3n) is 3.20. The SMILES string of the molecule is CCCc1sc2ccc(C)cc2c(=O)c1CCC. The summed E-state index contributed by atoms with van der Waals surface area (Å²) in [6.07, 6.45) is 4.08. The Bertz CT molecular complexity index is 610. The first-order valence-electron chi connectivity index (χ1n) is 6.72. The predicted octanol–water partition coefficient (Wildman–Crippen LogP) is 4.47. The van der Waals surface area contributed by atoms with Crippen LogP contribution in [0.4, 0.5) is 0 Å². The standard InChI is InChI=1S/C16H20OS/c1-4-6-12-14(7-5-2)18-15-9-8-11(3)10-13(15)16(12)17/h8-10H,4-7H2,1-3H3. The third kappa shape index (κ3) is 2.49. The highest BCUT2D eigenvalue weighted by Crippen LogP contribution is 2.25. The summed E-state index contributed by atoms with van der Waals surface area (Å²) in [7, 11) is 0. The Balaban J connectivity index is 2.72. The lowest BCUT2D eigenvalue weighted by Gasteiger charge is -2.09. The van der Waals surface area contributed by atoms with Gasteiger partial charge in [0, 0.05) is 20.5 Å². The van der Waals surface area contributed by atoms with Gasteiger partial charge in [-0.25, -0.2) is 0 Å². The fourth-order valence-corrected chi connectivity index (χ4v) is 3.61. The van der Waals surface area contributed by atoms with Crippen molar-refractivity contribution in [1.82, 2.24) is 0 Å². The van der Waals surface area contributed by atoms with Crippen molar-refractivity contribution < 1.29 is 0 Å². The molecular formula is C16H20OS. The monoisotopic (exact) mass is 260 g/mol. The van der Waals surface area contributed by atoms with Crippen LogP contribution in [-0.2, 0) is 12.8 Å². The summed E-state index contributed by atoms with van der Waals surface area (Å²) in [4.78, 5) is 13.9. The van der Waals surface area contributed by atoms with E-state index < -0.39 is 0 Å². The van der Waals surface area contributed by atoms with Crippen LogP contribution in [0.25, 0.3) is 10.1 Å². The van der Waals surface area contributed by atoms with Crippen molar-refractivity contribution in [3.8, 4) is 0 Å². The molecule has 0 amide bonds. The number of aryl methyl sites for hydroxylation is 2. The van der Waals surface area contributed by atoms with Crippen molar-refractivity contribution in [2.45, 2.75) is 46.5 Å². The predicted molar refractivity (Wildman–Crippen MR) is 80.8 cm³/mol. The van der Waals surface area contributed by atoms with Crippen LogP contribution in [0, 0.1) is 6.92 Å². The van der Waals surface area contributed by atoms with Crippen molar-refractivity contribution in [3.63, 3.8) is 0 Å². The van der Waals surface area contributed by atoms with E-state index in [4.69, 9.17) is 0 Å². The second kappa shape index (κ2) is 5.66. The molecule has 0 aliphatic rings. The minimum atomic E-state index is 0.262. The molecule has 1 nitrogen and oxygen atoms in total. The maximum absolute atomic E-state index is 12.6. The summed E-state index contributed by atoms with van der Waals surface area (Å²) in [6.45, 7) is 6.36. The smallest absolute Gasteiger partial charge is 0.191 e. The minimum absolute atomic E-state index is 0.262. The molecule has 2 heteroatoms. The molecule has 0 spiro atoms. The van der Waals surface area contributed by atoms with Gasteiger partial charge in [0.25, 0.3) is 0 Å². The zero-order valence-corrected chi connectivity index (χ0v) is 12.2. The van der Waals surface area contributed by atoms with Crippen molar-refractivity contribution in [2.75, 3.05) is 0 Å². The number of benzene rings is 1. The highest BCUT2D eigenvalue weighted by molar-refractivity contribution is 7.18. The van der Waals surface area contributed by atoms with Gasteiger partial charge in [-0.3, -0.25) is 4.79 Å². The first-order chi connectivity index (χ1) is 8.67.